The molecule has 0 atom stereocenters. The van der Waals surface area contributed by atoms with Crippen molar-refractivity contribution in [3.8, 4) is 0 Å². The van der Waals surface area contributed by atoms with Crippen LogP contribution in [-0.2, 0) is 0 Å². The van der Waals surface area contributed by atoms with Gasteiger partial charge in [0.2, 0.25) is 0 Å². The summed E-state index contributed by atoms with van der Waals surface area (Å²) in [6.07, 6.45) is 1.33. The molecule has 0 amide bonds. The Hall–Kier alpha value is -0.700. The first-order chi connectivity index (χ1) is 4.02. The lowest BCUT2D eigenvalue weighted by atomic mass is 9.94. The molecule has 3 nitrogen and oxygen atoms in total. The predicted molar refractivity (Wildman–Crippen MR) is 33.0 cm³/mol. The molecule has 0 aliphatic carbocycles. The summed E-state index contributed by atoms with van der Waals surface area (Å²) < 4.78 is 0. The van der Waals surface area contributed by atoms with E-state index in [1.807, 2.05) is 13.8 Å². The second-order valence-electron chi connectivity index (χ2n) is 3.00. The number of nitrogens with zero attached hydrogens (tertiary/aromatic N) is 1. The van der Waals surface area contributed by atoms with E-state index in [2.05, 4.69) is 0 Å². The molecular weight excluding hydrogens is 118 g/mol. The Kier molecular flexibility index (Phi) is 1.17. The molecule has 0 saturated carbocycles. The van der Waals surface area contributed by atoms with Gasteiger partial charge in [0, 0.05) is 5.41 Å². The third-order valence-corrected chi connectivity index (χ3v) is 1.52. The van der Waals surface area contributed by atoms with E-state index in [4.69, 9.17) is 10.3 Å². The summed E-state index contributed by atoms with van der Waals surface area (Å²) in [6.45, 7) is 4.21. The highest BCUT2D eigenvalue weighted by molar-refractivity contribution is 5.08. The summed E-state index contributed by atoms with van der Waals surface area (Å²) in [5.41, 5.74) is -0.283. The van der Waals surface area contributed by atoms with Crippen LogP contribution in [0.4, 0.5) is 0 Å². The van der Waals surface area contributed by atoms with Gasteiger partial charge in [-0.2, -0.15) is 0 Å². The smallest absolute Gasteiger partial charge is 0.118 e. The fraction of sp³-hybridized carbons (Fsp3) is 0.667. The molecule has 1 aliphatic heterocycles. The topological polar surface area (TPSA) is 43.7 Å². The molecule has 0 unspecified atom stereocenters. The maximum atomic E-state index is 9.09. The molecule has 0 bridgehead atoms. The summed E-state index contributed by atoms with van der Waals surface area (Å²) >= 11 is 0. The van der Waals surface area contributed by atoms with E-state index in [-0.39, 0.29) is 11.2 Å². The van der Waals surface area contributed by atoms with Crippen molar-refractivity contribution in [1.82, 2.24) is 5.06 Å². The monoisotopic (exact) mass is 129 g/mol. The van der Waals surface area contributed by atoms with Crippen LogP contribution in [0, 0.1) is 5.41 Å². The number of aliphatic hydroxyl groups excluding tert-OH is 1. The number of aliphatic hydroxyl groups is 1. The minimum atomic E-state index is -0.283. The molecule has 0 radical (unpaired) electrons. The van der Waals surface area contributed by atoms with Crippen LogP contribution in [0.5, 0.6) is 0 Å². The van der Waals surface area contributed by atoms with E-state index in [9.17, 15) is 0 Å². The van der Waals surface area contributed by atoms with Crippen molar-refractivity contribution >= 4 is 0 Å². The quantitative estimate of drug-likeness (QED) is 0.515. The van der Waals surface area contributed by atoms with Gasteiger partial charge in [0.15, 0.2) is 0 Å². The van der Waals surface area contributed by atoms with Crippen molar-refractivity contribution in [2.45, 2.75) is 13.8 Å². The van der Waals surface area contributed by atoms with Crippen LogP contribution in [0.2, 0.25) is 0 Å². The van der Waals surface area contributed by atoms with E-state index in [1.165, 1.54) is 6.20 Å². The second kappa shape index (κ2) is 1.64. The van der Waals surface area contributed by atoms with Crippen molar-refractivity contribution < 1.29 is 10.3 Å². The van der Waals surface area contributed by atoms with Crippen molar-refractivity contribution in [3.05, 3.63) is 12.0 Å². The van der Waals surface area contributed by atoms with Gasteiger partial charge in [0.05, 0.1) is 12.7 Å². The van der Waals surface area contributed by atoms with Gasteiger partial charge in [-0.1, -0.05) is 13.8 Å². The van der Waals surface area contributed by atoms with Crippen LogP contribution in [0.1, 0.15) is 13.8 Å². The van der Waals surface area contributed by atoms with E-state index in [1.54, 1.807) is 0 Å². The third-order valence-electron chi connectivity index (χ3n) is 1.52. The molecule has 0 aromatic carbocycles. The van der Waals surface area contributed by atoms with Crippen molar-refractivity contribution in [2.75, 3.05) is 6.54 Å². The van der Waals surface area contributed by atoms with Crippen LogP contribution >= 0.6 is 0 Å². The Morgan fingerprint density at radius 1 is 1.67 bits per heavy atom. The Morgan fingerprint density at radius 2 is 2.22 bits per heavy atom. The van der Waals surface area contributed by atoms with Crippen LogP contribution in [0.25, 0.3) is 0 Å². The van der Waals surface area contributed by atoms with Crippen molar-refractivity contribution in [1.29, 1.82) is 0 Å². The first kappa shape index (κ1) is 6.42. The summed E-state index contributed by atoms with van der Waals surface area (Å²) in [5, 5.41) is 18.9. The molecule has 0 saturated heterocycles. The van der Waals surface area contributed by atoms with Crippen molar-refractivity contribution in [2.24, 2.45) is 5.41 Å². The molecule has 9 heavy (non-hydrogen) atoms. The summed E-state index contributed by atoms with van der Waals surface area (Å²) in [4.78, 5) is 0. The fourth-order valence-corrected chi connectivity index (χ4v) is 0.848. The fourth-order valence-electron chi connectivity index (χ4n) is 0.848. The van der Waals surface area contributed by atoms with Gasteiger partial charge in [-0.05, 0) is 0 Å². The van der Waals surface area contributed by atoms with Gasteiger partial charge in [-0.15, -0.1) is 0 Å². The molecular formula is C6H11NO2. The molecule has 1 aliphatic rings. The molecule has 0 aromatic rings. The zero-order valence-electron chi connectivity index (χ0n) is 5.63. The molecule has 1 heterocycles. The third kappa shape index (κ3) is 1.00. The highest BCUT2D eigenvalue weighted by Gasteiger charge is 2.31. The van der Waals surface area contributed by atoms with Crippen LogP contribution < -0.4 is 0 Å². The normalized spacial score (nSPS) is 24.3. The SMILES string of the molecule is CC1(C)CN(O)C=C1O. The minimum absolute atomic E-state index is 0.241. The Morgan fingerprint density at radius 3 is 2.33 bits per heavy atom. The Balaban J connectivity index is 2.76. The number of hydrogen-bond donors (Lipinski definition) is 2. The van der Waals surface area contributed by atoms with E-state index < -0.39 is 0 Å². The molecule has 0 fully saturated rings. The number of hydrogen-bond acceptors (Lipinski definition) is 3. The lowest BCUT2D eigenvalue weighted by Crippen LogP contribution is -2.21. The molecule has 3 heteroatoms. The second-order valence-corrected chi connectivity index (χ2v) is 3.00. The van der Waals surface area contributed by atoms with E-state index >= 15 is 0 Å². The number of hydroxylamine groups is 2. The van der Waals surface area contributed by atoms with E-state index in [0.29, 0.717) is 6.54 Å². The molecule has 52 valence electrons. The van der Waals surface area contributed by atoms with E-state index in [0.717, 1.165) is 5.06 Å². The van der Waals surface area contributed by atoms with Gasteiger partial charge in [-0.25, -0.2) is 0 Å². The largest absolute Gasteiger partial charge is 0.510 e. The lowest BCUT2D eigenvalue weighted by molar-refractivity contribution is -0.0458. The molecule has 0 aromatic heterocycles. The van der Waals surface area contributed by atoms with Crippen LogP contribution in [0.15, 0.2) is 12.0 Å². The molecule has 2 N–H and O–H groups in total. The summed E-state index contributed by atoms with van der Waals surface area (Å²) in [6, 6.07) is 0. The number of rotatable bonds is 0. The van der Waals surface area contributed by atoms with Crippen LogP contribution in [0.3, 0.4) is 0 Å². The first-order valence-corrected chi connectivity index (χ1v) is 2.89. The zero-order valence-corrected chi connectivity index (χ0v) is 5.63. The highest BCUT2D eigenvalue weighted by Crippen LogP contribution is 2.30. The Bertz CT molecular complexity index is 151. The standard InChI is InChI=1S/C6H11NO2/c1-6(2)4-7(9)3-5(6)8/h3,8-9H,4H2,1-2H3. The average Bonchev–Trinajstić information content (AvgIpc) is 1.79. The molecule has 1 rings (SSSR count). The lowest BCUT2D eigenvalue weighted by Gasteiger charge is -2.17. The zero-order chi connectivity index (χ0) is 7.07. The maximum Gasteiger partial charge on any atom is 0.118 e. The maximum absolute atomic E-state index is 9.09. The van der Waals surface area contributed by atoms with Gasteiger partial charge < -0.3 is 5.11 Å². The molecule has 0 spiro atoms. The minimum Gasteiger partial charge on any atom is -0.510 e. The van der Waals surface area contributed by atoms with Gasteiger partial charge >= 0.3 is 0 Å². The predicted octanol–water partition coefficient (Wildman–Crippen LogP) is 1.12. The van der Waals surface area contributed by atoms with Gasteiger partial charge in [0.25, 0.3) is 0 Å². The van der Waals surface area contributed by atoms with Gasteiger partial charge in [-0.3, -0.25) is 10.3 Å². The highest BCUT2D eigenvalue weighted by atomic mass is 16.5. The average molecular weight is 129 g/mol. The van der Waals surface area contributed by atoms with Gasteiger partial charge in [0.1, 0.15) is 5.76 Å². The Labute approximate surface area is 54.2 Å². The van der Waals surface area contributed by atoms with Crippen molar-refractivity contribution in [3.63, 3.8) is 0 Å². The summed E-state index contributed by atoms with van der Waals surface area (Å²) in [7, 11) is 0. The first-order valence-electron chi connectivity index (χ1n) is 2.89. The summed E-state index contributed by atoms with van der Waals surface area (Å²) in [5.74, 6) is 0.241. The van der Waals surface area contributed by atoms with Crippen LogP contribution in [-0.4, -0.2) is 21.9 Å².